The minimum atomic E-state index is -0.341. The Labute approximate surface area is 155 Å². The third-order valence-corrected chi connectivity index (χ3v) is 3.85. The number of fused-ring (bicyclic) bond motifs is 1. The lowest BCUT2D eigenvalue weighted by Crippen LogP contribution is -2.28. The predicted molar refractivity (Wildman–Crippen MR) is 100 cm³/mol. The molecule has 2 aromatic heterocycles. The van der Waals surface area contributed by atoms with Gasteiger partial charge in [-0.2, -0.15) is 0 Å². The largest absolute Gasteiger partial charge is 0.338 e. The Kier molecular flexibility index (Phi) is 5.20. The van der Waals surface area contributed by atoms with Gasteiger partial charge in [0.15, 0.2) is 12.8 Å². The molecule has 9 nitrogen and oxygen atoms in total. The van der Waals surface area contributed by atoms with Gasteiger partial charge in [0.2, 0.25) is 0 Å². The summed E-state index contributed by atoms with van der Waals surface area (Å²) >= 11 is 0. The zero-order valence-electron chi connectivity index (χ0n) is 15.2. The number of hydrogen-bond donors (Lipinski definition) is 2. The summed E-state index contributed by atoms with van der Waals surface area (Å²) in [6.07, 6.45) is 1.61. The molecule has 0 spiro atoms. The Hall–Kier alpha value is -3.62. The van der Waals surface area contributed by atoms with Crippen LogP contribution in [-0.2, 0) is 4.84 Å². The minimum Gasteiger partial charge on any atom is -0.338 e. The van der Waals surface area contributed by atoms with Gasteiger partial charge in [0.25, 0.3) is 4.92 Å². The number of carbonyl (C=O) groups excluding carboxylic acids is 1. The van der Waals surface area contributed by atoms with Crippen molar-refractivity contribution in [2.24, 2.45) is 0 Å². The quantitative estimate of drug-likeness (QED) is 0.671. The van der Waals surface area contributed by atoms with Crippen molar-refractivity contribution in [3.63, 3.8) is 0 Å². The Morgan fingerprint density at radius 1 is 1.22 bits per heavy atom. The van der Waals surface area contributed by atoms with Crippen molar-refractivity contribution in [1.29, 1.82) is 0 Å². The smallest absolute Gasteiger partial charge is 0.320 e. The van der Waals surface area contributed by atoms with Crippen LogP contribution in [0.25, 0.3) is 22.4 Å². The minimum absolute atomic E-state index is 0.341. The number of nitrogens with one attached hydrogen (secondary N) is 2. The Bertz CT molecular complexity index is 1020. The fourth-order valence-corrected chi connectivity index (χ4v) is 2.49. The molecule has 0 aliphatic heterocycles. The maximum Gasteiger partial charge on any atom is 0.320 e. The second kappa shape index (κ2) is 7.73. The van der Waals surface area contributed by atoms with E-state index in [1.807, 2.05) is 19.9 Å². The van der Waals surface area contributed by atoms with Crippen LogP contribution in [0.15, 0.2) is 36.5 Å². The summed E-state index contributed by atoms with van der Waals surface area (Å²) in [4.78, 5) is 41.9. The molecule has 0 aliphatic rings. The van der Waals surface area contributed by atoms with Gasteiger partial charge in [-0.1, -0.05) is 12.1 Å². The second-order valence-corrected chi connectivity index (χ2v) is 5.72. The van der Waals surface area contributed by atoms with E-state index in [-0.39, 0.29) is 6.03 Å². The summed E-state index contributed by atoms with van der Waals surface area (Å²) in [5, 5.41) is 5.27. The third kappa shape index (κ3) is 3.97. The number of aromatic nitrogens is 3. The molecule has 0 unspecified atom stereocenters. The van der Waals surface area contributed by atoms with Gasteiger partial charge in [-0.3, -0.25) is 10.3 Å². The molecule has 27 heavy (non-hydrogen) atoms. The van der Waals surface area contributed by atoms with Crippen LogP contribution in [0.5, 0.6) is 0 Å². The molecule has 3 rings (SSSR count). The maximum absolute atomic E-state index is 11.8. The van der Waals surface area contributed by atoms with Crippen molar-refractivity contribution >= 4 is 28.7 Å². The number of carbonyl (C=O) groups is 1. The van der Waals surface area contributed by atoms with E-state index in [0.717, 1.165) is 5.56 Å². The number of hydrogen-bond acceptors (Lipinski definition) is 6. The first kappa shape index (κ1) is 18.2. The van der Waals surface area contributed by atoms with Crippen LogP contribution in [0, 0.1) is 11.8 Å². The van der Waals surface area contributed by atoms with Crippen molar-refractivity contribution in [3.8, 4) is 11.3 Å². The molecule has 2 heterocycles. The third-order valence-electron chi connectivity index (χ3n) is 3.85. The SMILES string of the molecule is CCNC(=O)Nc1ccc2ncc(-c3ccc(C)c([N+](=O)OC)c3)nc2n1. The predicted octanol–water partition coefficient (Wildman–Crippen LogP) is 3.11. The molecule has 2 N–H and O–H groups in total. The highest BCUT2D eigenvalue weighted by molar-refractivity contribution is 5.89. The summed E-state index contributed by atoms with van der Waals surface area (Å²) in [5.74, 6) is 0.370. The number of nitrogens with zero attached hydrogens (tertiary/aromatic N) is 4. The van der Waals surface area contributed by atoms with Gasteiger partial charge in [-0.15, -0.1) is 0 Å². The molecule has 3 aromatic rings. The van der Waals surface area contributed by atoms with Gasteiger partial charge in [-0.25, -0.2) is 19.6 Å². The van der Waals surface area contributed by atoms with Gasteiger partial charge >= 0.3 is 11.7 Å². The molecular formula is C18H19N6O3+. The van der Waals surface area contributed by atoms with Gasteiger partial charge in [-0.05, 0) is 26.0 Å². The van der Waals surface area contributed by atoms with Crippen LogP contribution >= 0.6 is 0 Å². The molecular weight excluding hydrogens is 348 g/mol. The van der Waals surface area contributed by atoms with Crippen LogP contribution < -0.4 is 10.6 Å². The number of aryl methyl sites for hydroxylation is 1. The summed E-state index contributed by atoms with van der Waals surface area (Å²) in [6, 6.07) is 8.37. The first-order valence-electron chi connectivity index (χ1n) is 8.33. The highest BCUT2D eigenvalue weighted by Crippen LogP contribution is 2.26. The van der Waals surface area contributed by atoms with E-state index in [9.17, 15) is 9.70 Å². The number of urea groups is 1. The Morgan fingerprint density at radius 2 is 2.04 bits per heavy atom. The Balaban J connectivity index is 1.98. The lowest BCUT2D eigenvalue weighted by molar-refractivity contribution is -0.736. The fourth-order valence-electron chi connectivity index (χ4n) is 2.49. The summed E-state index contributed by atoms with van der Waals surface area (Å²) in [7, 11) is 1.31. The van der Waals surface area contributed by atoms with E-state index in [1.165, 1.54) is 7.11 Å². The van der Waals surface area contributed by atoms with Crippen LogP contribution in [0.1, 0.15) is 12.5 Å². The van der Waals surface area contributed by atoms with Crippen molar-refractivity contribution in [2.45, 2.75) is 13.8 Å². The van der Waals surface area contributed by atoms with E-state index in [0.29, 0.717) is 45.4 Å². The highest BCUT2D eigenvalue weighted by Gasteiger charge is 2.19. The topological polar surface area (TPSA) is 109 Å². The van der Waals surface area contributed by atoms with Gasteiger partial charge in [0, 0.05) is 23.7 Å². The normalized spacial score (nSPS) is 10.5. The number of amides is 2. The molecule has 0 saturated carbocycles. The van der Waals surface area contributed by atoms with Crippen LogP contribution in [0.4, 0.5) is 16.3 Å². The van der Waals surface area contributed by atoms with E-state index >= 15 is 0 Å². The summed E-state index contributed by atoms with van der Waals surface area (Å²) < 4.78 is 0. The van der Waals surface area contributed by atoms with E-state index in [2.05, 4.69) is 25.6 Å². The first-order chi connectivity index (χ1) is 13.0. The van der Waals surface area contributed by atoms with Crippen LogP contribution in [-0.4, -0.2) is 39.6 Å². The maximum atomic E-state index is 11.8. The Morgan fingerprint density at radius 3 is 2.78 bits per heavy atom. The van der Waals surface area contributed by atoms with Crippen molar-refractivity contribution in [3.05, 3.63) is 47.0 Å². The average Bonchev–Trinajstić information content (AvgIpc) is 2.67. The average molecular weight is 367 g/mol. The zero-order valence-corrected chi connectivity index (χ0v) is 15.2. The van der Waals surface area contributed by atoms with Crippen LogP contribution in [0.2, 0.25) is 0 Å². The standard InChI is InChI=1S/C18H18N6O3/c1-4-19-18(25)23-16-8-7-13-17(22-16)21-14(10-20-13)12-6-5-11(2)15(9-12)24(26)27-3/h5-10H,4H2,1-3H3,(H-,19,21,22,23,25)/p+1. The lowest BCUT2D eigenvalue weighted by atomic mass is 10.1. The monoisotopic (exact) mass is 367 g/mol. The summed E-state index contributed by atoms with van der Waals surface area (Å²) in [6.45, 7) is 4.15. The first-order valence-corrected chi connectivity index (χ1v) is 8.33. The number of anilines is 1. The molecule has 9 heteroatoms. The van der Waals surface area contributed by atoms with E-state index in [1.54, 1.807) is 30.5 Å². The molecule has 0 saturated heterocycles. The number of rotatable bonds is 5. The molecule has 1 aromatic carbocycles. The molecule has 138 valence electrons. The van der Waals surface area contributed by atoms with Crippen LogP contribution in [0.3, 0.4) is 0 Å². The lowest BCUT2D eigenvalue weighted by Gasteiger charge is -2.07. The van der Waals surface area contributed by atoms with Gasteiger partial charge in [0.05, 0.1) is 16.8 Å². The molecule has 0 atom stereocenters. The van der Waals surface area contributed by atoms with Crippen molar-refractivity contribution in [1.82, 2.24) is 20.3 Å². The highest BCUT2D eigenvalue weighted by atomic mass is 16.8. The molecule has 0 radical (unpaired) electrons. The van der Waals surface area contributed by atoms with Gasteiger partial charge in [0.1, 0.15) is 11.3 Å². The second-order valence-electron chi connectivity index (χ2n) is 5.72. The zero-order chi connectivity index (χ0) is 19.4. The molecule has 0 fully saturated rings. The number of benzene rings is 1. The fraction of sp³-hybridized carbons (Fsp3) is 0.222. The van der Waals surface area contributed by atoms with Crippen molar-refractivity contribution < 1.29 is 14.6 Å². The summed E-state index contributed by atoms with van der Waals surface area (Å²) in [5.41, 5.74) is 3.39. The van der Waals surface area contributed by atoms with Gasteiger partial charge < -0.3 is 5.32 Å². The van der Waals surface area contributed by atoms with E-state index < -0.39 is 0 Å². The molecule has 2 amide bonds. The number of pyridine rings is 1. The van der Waals surface area contributed by atoms with E-state index in [4.69, 9.17) is 4.84 Å². The molecule has 0 bridgehead atoms. The molecule has 0 aliphatic carbocycles. The van der Waals surface area contributed by atoms with Crippen molar-refractivity contribution in [2.75, 3.05) is 19.0 Å².